The van der Waals surface area contributed by atoms with Crippen molar-refractivity contribution in [2.24, 2.45) is 5.92 Å². The second kappa shape index (κ2) is 8.10. The first-order valence-electron chi connectivity index (χ1n) is 9.92. The monoisotopic (exact) mass is 362 g/mol. The molecular formula is C24H26O3. The van der Waals surface area contributed by atoms with E-state index in [4.69, 9.17) is 9.15 Å². The lowest BCUT2D eigenvalue weighted by atomic mass is 9.92. The fourth-order valence-corrected chi connectivity index (χ4v) is 4.00. The van der Waals surface area contributed by atoms with Gasteiger partial charge in [-0.25, -0.2) is 0 Å². The third kappa shape index (κ3) is 3.98. The zero-order chi connectivity index (χ0) is 18.6. The van der Waals surface area contributed by atoms with Crippen LogP contribution in [-0.2, 0) is 4.74 Å². The summed E-state index contributed by atoms with van der Waals surface area (Å²) in [7, 11) is 0. The minimum absolute atomic E-state index is 0.106. The van der Waals surface area contributed by atoms with E-state index in [2.05, 4.69) is 13.0 Å². The Bertz CT molecular complexity index is 917. The highest BCUT2D eigenvalue weighted by atomic mass is 16.5. The van der Waals surface area contributed by atoms with Crippen molar-refractivity contribution in [1.82, 2.24) is 0 Å². The first kappa shape index (κ1) is 18.0. The molecule has 0 aliphatic carbocycles. The number of Topliss-reactive ketones (excluding diaryl/α,β-unsaturated/α-hetero) is 1. The fourth-order valence-electron chi connectivity index (χ4n) is 4.00. The van der Waals surface area contributed by atoms with E-state index < -0.39 is 0 Å². The van der Waals surface area contributed by atoms with Gasteiger partial charge >= 0.3 is 0 Å². The number of fused-ring (bicyclic) bond motifs is 1. The highest BCUT2D eigenvalue weighted by Crippen LogP contribution is 2.36. The number of carbonyl (C=O) groups excluding carboxylic acids is 1. The maximum Gasteiger partial charge on any atom is 0.198 e. The number of benzene rings is 2. The second-order valence-corrected chi connectivity index (χ2v) is 7.54. The van der Waals surface area contributed by atoms with E-state index in [1.165, 1.54) is 5.56 Å². The van der Waals surface area contributed by atoms with Gasteiger partial charge in [0.1, 0.15) is 5.58 Å². The van der Waals surface area contributed by atoms with Crippen molar-refractivity contribution in [3.63, 3.8) is 0 Å². The number of carbonyl (C=O) groups is 1. The van der Waals surface area contributed by atoms with Gasteiger partial charge < -0.3 is 9.15 Å². The van der Waals surface area contributed by atoms with Crippen molar-refractivity contribution >= 4 is 16.8 Å². The summed E-state index contributed by atoms with van der Waals surface area (Å²) >= 11 is 0. The molecule has 27 heavy (non-hydrogen) atoms. The van der Waals surface area contributed by atoms with Crippen LogP contribution in [0.5, 0.6) is 0 Å². The molecule has 0 N–H and O–H groups in total. The van der Waals surface area contributed by atoms with Crippen molar-refractivity contribution in [3.05, 3.63) is 59.9 Å². The molecule has 0 amide bonds. The first-order valence-corrected chi connectivity index (χ1v) is 9.92. The number of hydrogen-bond acceptors (Lipinski definition) is 3. The minimum Gasteiger partial charge on any atom is -0.452 e. The zero-order valence-electron chi connectivity index (χ0n) is 15.9. The molecule has 0 radical (unpaired) electrons. The number of ether oxygens (including phenoxy) is 1. The van der Waals surface area contributed by atoms with Gasteiger partial charge in [-0.15, -0.1) is 0 Å². The summed E-state index contributed by atoms with van der Waals surface area (Å²) in [6.07, 6.45) is 4.78. The molecule has 1 aromatic heterocycles. The lowest BCUT2D eigenvalue weighted by molar-refractivity contribution is 0.0628. The van der Waals surface area contributed by atoms with E-state index >= 15 is 0 Å². The van der Waals surface area contributed by atoms with Gasteiger partial charge in [0.05, 0.1) is 0 Å². The van der Waals surface area contributed by atoms with Gasteiger partial charge in [-0.05, 0) is 56.2 Å². The van der Waals surface area contributed by atoms with Gasteiger partial charge in [-0.3, -0.25) is 4.79 Å². The average molecular weight is 362 g/mol. The van der Waals surface area contributed by atoms with Gasteiger partial charge in [0.2, 0.25) is 0 Å². The molecular weight excluding hydrogens is 336 g/mol. The number of ketones is 1. The van der Waals surface area contributed by atoms with Gasteiger partial charge in [0.25, 0.3) is 0 Å². The largest absolute Gasteiger partial charge is 0.452 e. The van der Waals surface area contributed by atoms with Crippen LogP contribution in [0.2, 0.25) is 0 Å². The van der Waals surface area contributed by atoms with Crippen LogP contribution in [0.3, 0.4) is 0 Å². The molecule has 0 bridgehead atoms. The highest BCUT2D eigenvalue weighted by molar-refractivity contribution is 6.08. The van der Waals surface area contributed by atoms with Crippen molar-refractivity contribution < 1.29 is 13.9 Å². The number of aryl methyl sites for hydroxylation is 1. The molecule has 1 aliphatic heterocycles. The molecule has 3 nitrogen and oxygen atoms in total. The van der Waals surface area contributed by atoms with Crippen molar-refractivity contribution in [3.8, 4) is 11.1 Å². The molecule has 0 saturated carbocycles. The smallest absolute Gasteiger partial charge is 0.198 e. The lowest BCUT2D eigenvalue weighted by Crippen LogP contribution is -2.15. The SMILES string of the molecule is Cc1ccc2oc(C(=O)CCCC3CCOCC3)c(-c3ccccc3)c2c1. The standard InChI is InChI=1S/C24H26O3/c1-17-10-11-22-20(16-17)23(19-7-3-2-4-8-19)24(27-22)21(25)9-5-6-18-12-14-26-15-13-18/h2-4,7-8,10-11,16,18H,5-6,9,12-15H2,1H3. The summed E-state index contributed by atoms with van der Waals surface area (Å²) in [5.74, 6) is 1.31. The third-order valence-corrected chi connectivity index (χ3v) is 5.52. The highest BCUT2D eigenvalue weighted by Gasteiger charge is 2.22. The van der Waals surface area contributed by atoms with Crippen molar-refractivity contribution in [2.75, 3.05) is 13.2 Å². The molecule has 140 valence electrons. The summed E-state index contributed by atoms with van der Waals surface area (Å²) in [6.45, 7) is 3.79. The van der Waals surface area contributed by atoms with Crippen LogP contribution >= 0.6 is 0 Å². The van der Waals surface area contributed by atoms with E-state index in [0.717, 1.165) is 61.0 Å². The van der Waals surface area contributed by atoms with Gasteiger partial charge in [-0.1, -0.05) is 42.0 Å². The van der Waals surface area contributed by atoms with Crippen molar-refractivity contribution in [1.29, 1.82) is 0 Å². The van der Waals surface area contributed by atoms with E-state index in [1.54, 1.807) is 0 Å². The Morgan fingerprint density at radius 3 is 2.63 bits per heavy atom. The van der Waals surface area contributed by atoms with Gasteiger partial charge in [0.15, 0.2) is 11.5 Å². The molecule has 0 unspecified atom stereocenters. The Balaban J connectivity index is 1.59. The molecule has 1 fully saturated rings. The summed E-state index contributed by atoms with van der Waals surface area (Å²) in [4.78, 5) is 13.0. The normalized spacial score (nSPS) is 15.3. The Kier molecular flexibility index (Phi) is 5.40. The van der Waals surface area contributed by atoms with E-state index in [9.17, 15) is 4.79 Å². The molecule has 3 heteroatoms. The number of furan rings is 1. The average Bonchev–Trinajstić information content (AvgIpc) is 3.08. The summed E-state index contributed by atoms with van der Waals surface area (Å²) in [5.41, 5.74) is 3.92. The van der Waals surface area contributed by atoms with Crippen molar-refractivity contribution in [2.45, 2.75) is 39.0 Å². The maximum absolute atomic E-state index is 13.0. The number of hydrogen-bond donors (Lipinski definition) is 0. The molecule has 2 aromatic carbocycles. The van der Waals surface area contributed by atoms with Crippen LogP contribution in [0, 0.1) is 12.8 Å². The molecule has 4 rings (SSSR count). The van der Waals surface area contributed by atoms with Crippen LogP contribution in [0.1, 0.15) is 48.2 Å². The quantitative estimate of drug-likeness (QED) is 0.491. The van der Waals surface area contributed by atoms with Crippen LogP contribution in [0.25, 0.3) is 22.1 Å². The van der Waals surface area contributed by atoms with Crippen LogP contribution < -0.4 is 0 Å². The molecule has 0 atom stereocenters. The first-order chi connectivity index (χ1) is 13.2. The second-order valence-electron chi connectivity index (χ2n) is 7.54. The molecule has 2 heterocycles. The minimum atomic E-state index is 0.106. The van der Waals surface area contributed by atoms with E-state index in [0.29, 0.717) is 18.1 Å². The maximum atomic E-state index is 13.0. The van der Waals surface area contributed by atoms with Crippen LogP contribution in [0.15, 0.2) is 52.9 Å². The predicted octanol–water partition coefficient (Wildman–Crippen LogP) is 6.19. The van der Waals surface area contributed by atoms with Crippen LogP contribution in [0.4, 0.5) is 0 Å². The Morgan fingerprint density at radius 1 is 1.07 bits per heavy atom. The predicted molar refractivity (Wildman–Crippen MR) is 108 cm³/mol. The fraction of sp³-hybridized carbons (Fsp3) is 0.375. The van der Waals surface area contributed by atoms with Gasteiger partial charge in [0, 0.05) is 30.6 Å². The third-order valence-electron chi connectivity index (χ3n) is 5.52. The molecule has 3 aromatic rings. The summed E-state index contributed by atoms with van der Waals surface area (Å²) in [5, 5.41) is 1.02. The zero-order valence-corrected chi connectivity index (χ0v) is 15.9. The molecule has 0 spiro atoms. The topological polar surface area (TPSA) is 39.4 Å². The Hall–Kier alpha value is -2.39. The lowest BCUT2D eigenvalue weighted by Gasteiger charge is -2.21. The Labute approximate surface area is 160 Å². The summed E-state index contributed by atoms with van der Waals surface area (Å²) < 4.78 is 11.5. The van der Waals surface area contributed by atoms with Gasteiger partial charge in [-0.2, -0.15) is 0 Å². The number of rotatable bonds is 6. The van der Waals surface area contributed by atoms with Crippen LogP contribution in [-0.4, -0.2) is 19.0 Å². The van der Waals surface area contributed by atoms with E-state index in [1.807, 2.05) is 42.5 Å². The molecule has 1 aliphatic rings. The summed E-state index contributed by atoms with van der Waals surface area (Å²) in [6, 6.07) is 16.2. The van der Waals surface area contributed by atoms with E-state index in [-0.39, 0.29) is 5.78 Å². The Morgan fingerprint density at radius 2 is 1.85 bits per heavy atom. The molecule has 1 saturated heterocycles.